The first kappa shape index (κ1) is 26.0. The van der Waals surface area contributed by atoms with Gasteiger partial charge in [0.05, 0.1) is 0 Å². The van der Waals surface area contributed by atoms with Gasteiger partial charge in [0, 0.05) is 0 Å². The van der Waals surface area contributed by atoms with Gasteiger partial charge >= 0.3 is 218 Å². The standard InChI is InChI=1S/C27H20F3N3O3Se/c1-3-36-21-9-4-17(5-10-21)14-24-25(34)33(19-7-11-20(35-2)12-8-19)26(32-24)37-22-13-6-18(16-31)23(15-22)27(28,29)30/h4-15H,3H2,1-2H3/b24-14-. The van der Waals surface area contributed by atoms with Crippen LogP contribution in [0.5, 0.6) is 11.5 Å². The molecular formula is C27H20F3N3O3Se. The molecule has 10 heteroatoms. The van der Waals surface area contributed by atoms with Gasteiger partial charge in [-0.2, -0.15) is 0 Å². The molecule has 0 spiro atoms. The van der Waals surface area contributed by atoms with E-state index in [1.54, 1.807) is 60.7 Å². The van der Waals surface area contributed by atoms with Gasteiger partial charge in [-0.1, -0.05) is 0 Å². The van der Waals surface area contributed by atoms with Crippen molar-refractivity contribution in [3.05, 3.63) is 89.1 Å². The second-order valence-corrected chi connectivity index (χ2v) is 9.87. The average molecular weight is 570 g/mol. The first-order valence-corrected chi connectivity index (χ1v) is 12.8. The van der Waals surface area contributed by atoms with Crippen LogP contribution in [0.25, 0.3) is 6.08 Å². The summed E-state index contributed by atoms with van der Waals surface area (Å²) in [5.41, 5.74) is -0.0931. The number of amides is 1. The van der Waals surface area contributed by atoms with E-state index in [4.69, 9.17) is 14.7 Å². The molecule has 1 aliphatic heterocycles. The Kier molecular flexibility index (Phi) is 7.67. The fourth-order valence-corrected chi connectivity index (χ4v) is 5.52. The van der Waals surface area contributed by atoms with Gasteiger partial charge in [0.2, 0.25) is 0 Å². The van der Waals surface area contributed by atoms with Crippen molar-refractivity contribution in [1.82, 2.24) is 0 Å². The number of alkyl halides is 3. The van der Waals surface area contributed by atoms with E-state index in [0.717, 1.165) is 17.7 Å². The van der Waals surface area contributed by atoms with Crippen molar-refractivity contribution >= 4 is 41.8 Å². The van der Waals surface area contributed by atoms with Crippen LogP contribution in [0.1, 0.15) is 23.6 Å². The van der Waals surface area contributed by atoms with E-state index < -0.39 is 38.2 Å². The summed E-state index contributed by atoms with van der Waals surface area (Å²) < 4.78 is 51.8. The van der Waals surface area contributed by atoms with Crippen molar-refractivity contribution in [2.75, 3.05) is 18.6 Å². The summed E-state index contributed by atoms with van der Waals surface area (Å²) >= 11 is -0.780. The summed E-state index contributed by atoms with van der Waals surface area (Å²) in [4.78, 5) is 19.4. The Morgan fingerprint density at radius 1 is 1.05 bits per heavy atom. The molecule has 188 valence electrons. The van der Waals surface area contributed by atoms with Crippen LogP contribution in [0.4, 0.5) is 18.9 Å². The van der Waals surface area contributed by atoms with E-state index in [0.29, 0.717) is 33.0 Å². The van der Waals surface area contributed by atoms with Gasteiger partial charge in [-0.3, -0.25) is 0 Å². The van der Waals surface area contributed by atoms with Crippen molar-refractivity contribution in [2.45, 2.75) is 13.1 Å². The van der Waals surface area contributed by atoms with E-state index in [9.17, 15) is 18.0 Å². The Labute approximate surface area is 217 Å². The number of benzene rings is 3. The monoisotopic (exact) mass is 571 g/mol. The molecule has 1 amide bonds. The van der Waals surface area contributed by atoms with Crippen LogP contribution < -0.4 is 18.8 Å². The molecule has 1 aliphatic rings. The zero-order valence-electron chi connectivity index (χ0n) is 19.7. The maximum atomic E-state index is 13.5. The summed E-state index contributed by atoms with van der Waals surface area (Å²) in [5, 5.41) is 9.10. The van der Waals surface area contributed by atoms with Crippen LogP contribution in [0, 0.1) is 11.3 Å². The number of methoxy groups -OCH3 is 1. The predicted octanol–water partition coefficient (Wildman–Crippen LogP) is 4.76. The van der Waals surface area contributed by atoms with Crippen molar-refractivity contribution in [3.8, 4) is 17.6 Å². The van der Waals surface area contributed by atoms with Gasteiger partial charge in [-0.05, 0) is 0 Å². The van der Waals surface area contributed by atoms with Gasteiger partial charge in [-0.15, -0.1) is 0 Å². The first-order chi connectivity index (χ1) is 17.7. The molecule has 0 unspecified atom stereocenters. The number of hydrogen-bond donors (Lipinski definition) is 0. The number of rotatable bonds is 7. The van der Waals surface area contributed by atoms with Gasteiger partial charge in [0.1, 0.15) is 0 Å². The molecule has 4 rings (SSSR count). The molecule has 3 aromatic carbocycles. The van der Waals surface area contributed by atoms with Crippen LogP contribution in [-0.4, -0.2) is 39.3 Å². The molecule has 0 atom stereocenters. The molecule has 0 aliphatic carbocycles. The minimum absolute atomic E-state index is 0.154. The molecule has 0 aromatic heterocycles. The second kappa shape index (κ2) is 10.9. The molecule has 0 N–H and O–H groups in total. The van der Waals surface area contributed by atoms with Gasteiger partial charge in [-0.25, -0.2) is 0 Å². The van der Waals surface area contributed by atoms with E-state index in [1.807, 2.05) is 6.92 Å². The molecular weight excluding hydrogens is 550 g/mol. The Morgan fingerprint density at radius 2 is 1.73 bits per heavy atom. The second-order valence-electron chi connectivity index (χ2n) is 7.68. The third kappa shape index (κ3) is 5.85. The number of ether oxygens (including phenoxy) is 2. The van der Waals surface area contributed by atoms with Gasteiger partial charge in [0.25, 0.3) is 0 Å². The van der Waals surface area contributed by atoms with Crippen molar-refractivity contribution < 1.29 is 27.4 Å². The molecule has 0 fully saturated rings. The Balaban J connectivity index is 1.73. The fourth-order valence-electron chi connectivity index (χ4n) is 3.53. The maximum absolute atomic E-state index is 13.5. The summed E-state index contributed by atoms with van der Waals surface area (Å²) in [7, 11) is 1.52. The average Bonchev–Trinajstić information content (AvgIpc) is 3.19. The number of carbonyl (C=O) groups is 1. The zero-order chi connectivity index (χ0) is 26.6. The molecule has 0 bridgehead atoms. The van der Waals surface area contributed by atoms with E-state index in [-0.39, 0.29) is 5.70 Å². The van der Waals surface area contributed by atoms with Crippen LogP contribution in [0.2, 0.25) is 0 Å². The minimum atomic E-state index is -4.68. The van der Waals surface area contributed by atoms with Crippen LogP contribution >= 0.6 is 0 Å². The van der Waals surface area contributed by atoms with Crippen molar-refractivity contribution in [2.24, 2.45) is 4.99 Å². The van der Waals surface area contributed by atoms with E-state index >= 15 is 0 Å². The summed E-state index contributed by atoms with van der Waals surface area (Å²) in [6.07, 6.45) is -3.06. The SMILES string of the molecule is CCOc1ccc(/C=C2\N=C([Se]c3ccc(C#N)c(C(F)(F)F)c3)N(c3ccc(OC)cc3)C2=O)cc1. The van der Waals surface area contributed by atoms with Gasteiger partial charge < -0.3 is 0 Å². The third-order valence-electron chi connectivity index (χ3n) is 5.28. The number of amidine groups is 1. The quantitative estimate of drug-likeness (QED) is 0.304. The molecule has 3 aromatic rings. The fraction of sp³-hybridized carbons (Fsp3) is 0.148. The number of hydrogen-bond acceptors (Lipinski definition) is 5. The number of aliphatic imine (C=N–C) groups is 1. The van der Waals surface area contributed by atoms with Crippen molar-refractivity contribution in [3.63, 3.8) is 0 Å². The van der Waals surface area contributed by atoms with Crippen molar-refractivity contribution in [1.29, 1.82) is 5.26 Å². The van der Waals surface area contributed by atoms with E-state index in [1.165, 1.54) is 18.1 Å². The molecule has 0 saturated carbocycles. The number of carbonyl (C=O) groups excluding carboxylic acids is 1. The molecule has 0 saturated heterocycles. The van der Waals surface area contributed by atoms with Crippen LogP contribution in [-0.2, 0) is 11.0 Å². The number of nitriles is 1. The van der Waals surface area contributed by atoms with Gasteiger partial charge in [0.15, 0.2) is 0 Å². The first-order valence-electron chi connectivity index (χ1n) is 11.0. The topological polar surface area (TPSA) is 74.9 Å². The Hall–Kier alpha value is -4.06. The van der Waals surface area contributed by atoms with Crippen LogP contribution in [0.15, 0.2) is 77.4 Å². The molecule has 6 nitrogen and oxygen atoms in total. The summed E-state index contributed by atoms with van der Waals surface area (Å²) in [6.45, 7) is 2.40. The van der Waals surface area contributed by atoms with Crippen LogP contribution in [0.3, 0.4) is 0 Å². The molecule has 1 heterocycles. The summed E-state index contributed by atoms with van der Waals surface area (Å²) in [5.74, 6) is 0.878. The summed E-state index contributed by atoms with van der Waals surface area (Å²) in [6, 6.07) is 19.0. The predicted molar refractivity (Wildman–Crippen MR) is 135 cm³/mol. The Morgan fingerprint density at radius 3 is 2.32 bits per heavy atom. The number of halogens is 3. The Bertz CT molecular complexity index is 1410. The molecule has 0 radical (unpaired) electrons. The van der Waals surface area contributed by atoms with E-state index in [2.05, 4.69) is 4.99 Å². The zero-order valence-corrected chi connectivity index (χ0v) is 21.5. The molecule has 37 heavy (non-hydrogen) atoms. The normalized spacial score (nSPS) is 14.5. The third-order valence-corrected chi connectivity index (χ3v) is 7.27. The number of anilines is 1. The number of nitrogens with zero attached hydrogens (tertiary/aromatic N) is 3.